The summed E-state index contributed by atoms with van der Waals surface area (Å²) in [7, 11) is 0. The molecule has 0 saturated heterocycles. The van der Waals surface area contributed by atoms with Gasteiger partial charge in [0, 0.05) is 5.69 Å². The summed E-state index contributed by atoms with van der Waals surface area (Å²) in [5.74, 6) is -0.540. The molecule has 1 N–H and O–H groups in total. The van der Waals surface area contributed by atoms with Crippen LogP contribution < -0.4 is 5.32 Å². The van der Waals surface area contributed by atoms with Crippen LogP contribution in [0.3, 0.4) is 0 Å². The molecule has 0 heterocycles. The third-order valence-electron chi connectivity index (χ3n) is 2.99. The van der Waals surface area contributed by atoms with E-state index < -0.39 is 0 Å². The van der Waals surface area contributed by atoms with Gasteiger partial charge in [-0.15, -0.1) is 0 Å². The van der Waals surface area contributed by atoms with Crippen LogP contribution >= 0.6 is 15.9 Å². The quantitative estimate of drug-likeness (QED) is 0.885. The second-order valence-corrected chi connectivity index (χ2v) is 5.65. The van der Waals surface area contributed by atoms with Crippen LogP contribution in [0.2, 0.25) is 0 Å². The van der Waals surface area contributed by atoms with Crippen molar-refractivity contribution in [1.29, 1.82) is 0 Å². The van der Waals surface area contributed by atoms with Crippen molar-refractivity contribution in [2.24, 2.45) is 0 Å². The van der Waals surface area contributed by atoms with E-state index in [4.69, 9.17) is 0 Å². The Balaban J connectivity index is 2.10. The number of amides is 1. The smallest absolute Gasteiger partial charge is 0.228 e. The van der Waals surface area contributed by atoms with Gasteiger partial charge in [0.15, 0.2) is 0 Å². The maximum Gasteiger partial charge on any atom is 0.228 e. The van der Waals surface area contributed by atoms with E-state index in [0.717, 1.165) is 16.7 Å². The highest BCUT2D eigenvalue weighted by Crippen LogP contribution is 2.24. The van der Waals surface area contributed by atoms with Gasteiger partial charge in [-0.05, 0) is 53.0 Å². The van der Waals surface area contributed by atoms with Crippen molar-refractivity contribution in [3.8, 4) is 0 Å². The zero-order valence-corrected chi connectivity index (χ0v) is 12.9. The lowest BCUT2D eigenvalue weighted by molar-refractivity contribution is -0.115. The van der Waals surface area contributed by atoms with E-state index in [1.54, 1.807) is 6.07 Å². The Morgan fingerprint density at radius 3 is 2.70 bits per heavy atom. The number of anilines is 1. The molecule has 20 heavy (non-hydrogen) atoms. The highest BCUT2D eigenvalue weighted by atomic mass is 79.9. The van der Waals surface area contributed by atoms with Gasteiger partial charge < -0.3 is 5.32 Å². The van der Waals surface area contributed by atoms with Crippen LogP contribution in [0.5, 0.6) is 0 Å². The second-order valence-electron chi connectivity index (χ2n) is 4.80. The summed E-state index contributed by atoms with van der Waals surface area (Å²) >= 11 is 3.12. The average Bonchev–Trinajstić information content (AvgIpc) is 2.36. The molecule has 4 heteroatoms. The van der Waals surface area contributed by atoms with Crippen LogP contribution in [0.25, 0.3) is 0 Å². The molecule has 0 aromatic heterocycles. The Morgan fingerprint density at radius 1 is 1.25 bits per heavy atom. The minimum absolute atomic E-state index is 0.152. The lowest BCUT2D eigenvalue weighted by atomic mass is 10.1. The lowest BCUT2D eigenvalue weighted by Crippen LogP contribution is -2.15. The molecule has 104 valence electrons. The van der Waals surface area contributed by atoms with E-state index >= 15 is 0 Å². The van der Waals surface area contributed by atoms with E-state index in [9.17, 15) is 9.18 Å². The molecule has 0 bridgehead atoms. The fourth-order valence-electron chi connectivity index (χ4n) is 1.98. The van der Waals surface area contributed by atoms with Crippen molar-refractivity contribution in [1.82, 2.24) is 0 Å². The van der Waals surface area contributed by atoms with Gasteiger partial charge in [0.05, 0.1) is 10.9 Å². The molecule has 0 spiro atoms. The number of carbonyl (C=O) groups is 1. The summed E-state index contributed by atoms with van der Waals surface area (Å²) in [6.07, 6.45) is 0.277. The van der Waals surface area contributed by atoms with Gasteiger partial charge in [-0.1, -0.05) is 29.8 Å². The van der Waals surface area contributed by atoms with Gasteiger partial charge in [-0.2, -0.15) is 0 Å². The lowest BCUT2D eigenvalue weighted by Gasteiger charge is -2.10. The normalized spacial score (nSPS) is 10.4. The van der Waals surface area contributed by atoms with Gasteiger partial charge in [0.25, 0.3) is 0 Å². The molecule has 1 amide bonds. The number of aryl methyl sites for hydroxylation is 2. The SMILES string of the molecule is Cc1cccc(CC(=O)Nc2cc(F)c(Br)cc2C)c1. The fraction of sp³-hybridized carbons (Fsp3) is 0.188. The van der Waals surface area contributed by atoms with E-state index in [1.807, 2.05) is 38.1 Å². The molecular weight excluding hydrogens is 321 g/mol. The van der Waals surface area contributed by atoms with Crippen LogP contribution in [0.1, 0.15) is 16.7 Å². The molecule has 0 aliphatic carbocycles. The zero-order valence-electron chi connectivity index (χ0n) is 11.3. The van der Waals surface area contributed by atoms with Gasteiger partial charge in [0.1, 0.15) is 5.82 Å². The number of halogens is 2. The Kier molecular flexibility index (Phi) is 4.55. The number of benzene rings is 2. The van der Waals surface area contributed by atoms with Crippen LogP contribution in [-0.2, 0) is 11.2 Å². The molecule has 2 rings (SSSR count). The molecule has 0 radical (unpaired) electrons. The molecule has 0 fully saturated rings. The predicted octanol–water partition coefficient (Wildman–Crippen LogP) is 4.39. The Hall–Kier alpha value is -1.68. The highest BCUT2D eigenvalue weighted by Gasteiger charge is 2.09. The number of hydrogen-bond donors (Lipinski definition) is 1. The van der Waals surface area contributed by atoms with Crippen molar-refractivity contribution in [3.05, 3.63) is 63.4 Å². The van der Waals surface area contributed by atoms with Gasteiger partial charge in [0.2, 0.25) is 5.91 Å². The molecular formula is C16H15BrFNO. The van der Waals surface area contributed by atoms with E-state index in [-0.39, 0.29) is 18.1 Å². The molecule has 0 aliphatic rings. The molecule has 2 aromatic rings. The molecule has 0 saturated carbocycles. The van der Waals surface area contributed by atoms with Gasteiger partial charge in [-0.3, -0.25) is 4.79 Å². The largest absolute Gasteiger partial charge is 0.325 e. The van der Waals surface area contributed by atoms with Crippen molar-refractivity contribution in [3.63, 3.8) is 0 Å². The Morgan fingerprint density at radius 2 is 2.00 bits per heavy atom. The summed E-state index contributed by atoms with van der Waals surface area (Å²) in [6, 6.07) is 10.7. The number of carbonyl (C=O) groups excluding carboxylic acids is 1. The molecule has 0 aliphatic heterocycles. The van der Waals surface area contributed by atoms with Crippen LogP contribution in [0, 0.1) is 19.7 Å². The Bertz CT molecular complexity index is 655. The number of hydrogen-bond acceptors (Lipinski definition) is 1. The van der Waals surface area contributed by atoms with Gasteiger partial charge >= 0.3 is 0 Å². The number of nitrogens with one attached hydrogen (secondary N) is 1. The summed E-state index contributed by atoms with van der Waals surface area (Å²) < 4.78 is 13.9. The average molecular weight is 336 g/mol. The molecule has 2 nitrogen and oxygen atoms in total. The molecule has 0 unspecified atom stereocenters. The van der Waals surface area contributed by atoms with Crippen LogP contribution in [0.4, 0.5) is 10.1 Å². The monoisotopic (exact) mass is 335 g/mol. The third kappa shape index (κ3) is 3.67. The minimum atomic E-state index is -0.388. The zero-order chi connectivity index (χ0) is 14.7. The highest BCUT2D eigenvalue weighted by molar-refractivity contribution is 9.10. The standard InChI is InChI=1S/C16H15BrFNO/c1-10-4-3-5-12(6-10)8-16(20)19-15-9-14(18)13(17)7-11(15)2/h3-7,9H,8H2,1-2H3,(H,19,20). The minimum Gasteiger partial charge on any atom is -0.325 e. The van der Waals surface area contributed by atoms with Crippen molar-refractivity contribution in [2.75, 3.05) is 5.32 Å². The topological polar surface area (TPSA) is 29.1 Å². The summed E-state index contributed by atoms with van der Waals surface area (Å²) in [4.78, 5) is 12.0. The van der Waals surface area contributed by atoms with E-state index in [2.05, 4.69) is 21.2 Å². The molecule has 2 aromatic carbocycles. The first kappa shape index (κ1) is 14.7. The molecule has 0 atom stereocenters. The summed E-state index contributed by atoms with van der Waals surface area (Å²) in [5.41, 5.74) is 3.37. The first-order chi connectivity index (χ1) is 9.45. The van der Waals surface area contributed by atoms with Crippen molar-refractivity contribution >= 4 is 27.5 Å². The summed E-state index contributed by atoms with van der Waals surface area (Å²) in [6.45, 7) is 3.81. The first-order valence-electron chi connectivity index (χ1n) is 6.27. The van der Waals surface area contributed by atoms with Crippen LogP contribution in [-0.4, -0.2) is 5.91 Å². The van der Waals surface area contributed by atoms with Gasteiger partial charge in [-0.25, -0.2) is 4.39 Å². The van der Waals surface area contributed by atoms with Crippen molar-refractivity contribution in [2.45, 2.75) is 20.3 Å². The first-order valence-corrected chi connectivity index (χ1v) is 7.06. The number of rotatable bonds is 3. The van der Waals surface area contributed by atoms with E-state index in [0.29, 0.717) is 10.2 Å². The maximum atomic E-state index is 13.5. The van der Waals surface area contributed by atoms with Crippen molar-refractivity contribution < 1.29 is 9.18 Å². The fourth-order valence-corrected chi connectivity index (χ4v) is 2.44. The summed E-state index contributed by atoms with van der Waals surface area (Å²) in [5, 5.41) is 2.75. The van der Waals surface area contributed by atoms with E-state index in [1.165, 1.54) is 6.07 Å². The Labute approximate surface area is 126 Å². The maximum absolute atomic E-state index is 13.5. The predicted molar refractivity (Wildman–Crippen MR) is 82.3 cm³/mol. The van der Waals surface area contributed by atoms with Crippen LogP contribution in [0.15, 0.2) is 40.9 Å². The second kappa shape index (κ2) is 6.18. The third-order valence-corrected chi connectivity index (χ3v) is 3.60.